The summed E-state index contributed by atoms with van der Waals surface area (Å²) in [5.41, 5.74) is 2.13. The Morgan fingerprint density at radius 1 is 1.33 bits per heavy atom. The van der Waals surface area contributed by atoms with Gasteiger partial charge in [0, 0.05) is 13.1 Å². The highest BCUT2D eigenvalue weighted by molar-refractivity contribution is 5.71. The lowest BCUT2D eigenvalue weighted by molar-refractivity contribution is -0.00000876. The molecular formula is C13H21IN2O2. The molecule has 1 amide bonds. The van der Waals surface area contributed by atoms with Crippen LogP contribution in [0.5, 0.6) is 5.75 Å². The third-order valence-electron chi connectivity index (χ3n) is 2.61. The summed E-state index contributed by atoms with van der Waals surface area (Å²) in [6.07, 6.45) is 0.405. The molecule has 0 aliphatic rings. The van der Waals surface area contributed by atoms with Crippen LogP contribution in [0, 0.1) is 0 Å². The van der Waals surface area contributed by atoms with Gasteiger partial charge in [0.2, 0.25) is 0 Å². The van der Waals surface area contributed by atoms with E-state index in [4.69, 9.17) is 4.74 Å². The Bertz CT molecular complexity index is 414. The second-order valence-corrected chi connectivity index (χ2v) is 4.80. The molecule has 0 saturated heterocycles. The fourth-order valence-corrected chi connectivity index (χ4v) is 1.50. The number of benzene rings is 1. The molecule has 0 heterocycles. The highest BCUT2D eigenvalue weighted by Crippen LogP contribution is 2.27. The Balaban J connectivity index is 0.00000289. The number of carbonyl (C=O) groups is 1. The number of amides is 1. The maximum Gasteiger partial charge on any atom is 0.412 e. The Morgan fingerprint density at radius 3 is 2.39 bits per heavy atom. The third-order valence-corrected chi connectivity index (χ3v) is 2.61. The van der Waals surface area contributed by atoms with Crippen molar-refractivity contribution in [3.05, 3.63) is 23.8 Å². The van der Waals surface area contributed by atoms with Gasteiger partial charge in [0.1, 0.15) is 11.4 Å². The fourth-order valence-electron chi connectivity index (χ4n) is 1.50. The van der Waals surface area contributed by atoms with E-state index in [2.05, 4.69) is 32.5 Å². The van der Waals surface area contributed by atoms with Crippen molar-refractivity contribution in [2.24, 2.45) is 0 Å². The van der Waals surface area contributed by atoms with Crippen molar-refractivity contribution in [3.8, 4) is 5.75 Å². The number of hydrogen-bond acceptors (Lipinski definition) is 2. The monoisotopic (exact) mass is 364 g/mol. The first kappa shape index (κ1) is 17.2. The molecule has 0 aliphatic heterocycles. The molecule has 1 aromatic carbocycles. The molecule has 18 heavy (non-hydrogen) atoms. The molecule has 1 rings (SSSR count). The molecule has 0 aromatic heterocycles. The van der Waals surface area contributed by atoms with Crippen molar-refractivity contribution in [2.45, 2.75) is 13.3 Å². The van der Waals surface area contributed by atoms with E-state index in [0.717, 1.165) is 17.7 Å². The average molecular weight is 364 g/mol. The lowest BCUT2D eigenvalue weighted by Crippen LogP contribution is -3.00. The lowest BCUT2D eigenvalue weighted by atomic mass is 10.1. The van der Waals surface area contributed by atoms with Gasteiger partial charge in [-0.2, -0.15) is 0 Å². The van der Waals surface area contributed by atoms with Gasteiger partial charge >= 0.3 is 6.09 Å². The van der Waals surface area contributed by atoms with Crippen LogP contribution in [-0.2, 0) is 6.42 Å². The second kappa shape index (κ2) is 6.94. The molecule has 0 atom stereocenters. The molecule has 0 bridgehead atoms. The quantitative estimate of drug-likeness (QED) is 0.562. The van der Waals surface area contributed by atoms with E-state index in [1.807, 2.05) is 19.1 Å². The van der Waals surface area contributed by atoms with Crippen LogP contribution in [0.2, 0.25) is 0 Å². The van der Waals surface area contributed by atoms with Crippen LogP contribution in [0.15, 0.2) is 18.2 Å². The Morgan fingerprint density at radius 2 is 1.94 bits per heavy atom. The van der Waals surface area contributed by atoms with Crippen molar-refractivity contribution < 1.29 is 33.5 Å². The largest absolute Gasteiger partial charge is 1.00 e. The van der Waals surface area contributed by atoms with Crippen LogP contribution in [0.1, 0.15) is 12.5 Å². The van der Waals surface area contributed by atoms with E-state index in [-0.39, 0.29) is 24.0 Å². The van der Waals surface area contributed by atoms with E-state index in [9.17, 15) is 4.79 Å². The van der Waals surface area contributed by atoms with Crippen molar-refractivity contribution in [3.63, 3.8) is 0 Å². The molecule has 0 aliphatic carbocycles. The average Bonchev–Trinajstić information content (AvgIpc) is 2.27. The minimum absolute atomic E-state index is 0. The van der Waals surface area contributed by atoms with Crippen LogP contribution < -0.4 is 38.5 Å². The smallest absolute Gasteiger partial charge is 0.412 e. The number of aryl methyl sites for hydroxylation is 1. The van der Waals surface area contributed by atoms with Crippen molar-refractivity contribution >= 4 is 11.8 Å². The summed E-state index contributed by atoms with van der Waals surface area (Å²) in [7, 11) is 7.78. The van der Waals surface area contributed by atoms with Gasteiger partial charge in [-0.25, -0.2) is 4.79 Å². The first-order valence-corrected chi connectivity index (χ1v) is 5.73. The SMILES string of the molecule is CCc1ccc([N+](C)(C)C)cc1OC(=O)NC.[I-]. The first-order chi connectivity index (χ1) is 7.88. The molecule has 0 unspecified atom stereocenters. The van der Waals surface area contributed by atoms with E-state index in [1.54, 1.807) is 7.05 Å². The minimum atomic E-state index is -0.432. The molecule has 0 saturated carbocycles. The van der Waals surface area contributed by atoms with E-state index in [1.165, 1.54) is 0 Å². The van der Waals surface area contributed by atoms with Gasteiger partial charge in [-0.1, -0.05) is 6.92 Å². The van der Waals surface area contributed by atoms with Gasteiger partial charge in [-0.05, 0) is 24.1 Å². The predicted molar refractivity (Wildman–Crippen MR) is 70.5 cm³/mol. The summed E-state index contributed by atoms with van der Waals surface area (Å²) in [4.78, 5) is 11.3. The Kier molecular flexibility index (Phi) is 6.62. The highest BCUT2D eigenvalue weighted by Gasteiger charge is 2.16. The van der Waals surface area contributed by atoms with Crippen molar-refractivity contribution in [2.75, 3.05) is 28.2 Å². The molecule has 1 aromatic rings. The Labute approximate surface area is 126 Å². The summed E-state index contributed by atoms with van der Waals surface area (Å²) < 4.78 is 5.95. The maximum absolute atomic E-state index is 11.3. The van der Waals surface area contributed by atoms with Crippen LogP contribution in [0.3, 0.4) is 0 Å². The molecule has 0 radical (unpaired) electrons. The number of rotatable bonds is 3. The van der Waals surface area contributed by atoms with Gasteiger partial charge in [0.05, 0.1) is 21.1 Å². The molecule has 4 nitrogen and oxygen atoms in total. The van der Waals surface area contributed by atoms with Crippen LogP contribution in [-0.4, -0.2) is 34.3 Å². The number of nitrogens with one attached hydrogen (secondary N) is 1. The second-order valence-electron chi connectivity index (χ2n) is 4.80. The molecule has 1 N–H and O–H groups in total. The van der Waals surface area contributed by atoms with Crippen molar-refractivity contribution in [1.29, 1.82) is 0 Å². The topological polar surface area (TPSA) is 38.3 Å². The third kappa shape index (κ3) is 4.45. The van der Waals surface area contributed by atoms with E-state index < -0.39 is 6.09 Å². The summed E-state index contributed by atoms with van der Waals surface area (Å²) in [6, 6.07) is 6.00. The normalized spacial score (nSPS) is 10.5. The van der Waals surface area contributed by atoms with Gasteiger partial charge < -0.3 is 34.0 Å². The summed E-state index contributed by atoms with van der Waals surface area (Å²) >= 11 is 0. The zero-order chi connectivity index (χ0) is 13.1. The van der Waals surface area contributed by atoms with Crippen molar-refractivity contribution in [1.82, 2.24) is 9.80 Å². The van der Waals surface area contributed by atoms with Gasteiger partial charge in [0.25, 0.3) is 0 Å². The minimum Gasteiger partial charge on any atom is -1.00 e. The summed E-state index contributed by atoms with van der Waals surface area (Å²) in [6.45, 7) is 2.04. The first-order valence-electron chi connectivity index (χ1n) is 5.73. The van der Waals surface area contributed by atoms with Gasteiger partial charge in [-0.3, -0.25) is 4.48 Å². The highest BCUT2D eigenvalue weighted by atomic mass is 127. The molecule has 0 fully saturated rings. The number of carbonyl (C=O) groups excluding carboxylic acids is 1. The standard InChI is InChI=1S/C13H20N2O2.HI/c1-6-10-7-8-11(15(3,4)5)9-12(10)17-13(16)14-2;/h7-9H,6H2,1-5H3;1H. The van der Waals surface area contributed by atoms with E-state index in [0.29, 0.717) is 10.2 Å². The number of quaternary nitrogens is 1. The van der Waals surface area contributed by atoms with Crippen LogP contribution >= 0.6 is 0 Å². The van der Waals surface area contributed by atoms with Gasteiger partial charge in [-0.15, -0.1) is 0 Å². The van der Waals surface area contributed by atoms with Crippen LogP contribution in [0.4, 0.5) is 10.5 Å². The van der Waals surface area contributed by atoms with E-state index >= 15 is 0 Å². The molecule has 102 valence electrons. The maximum atomic E-state index is 11.3. The predicted octanol–water partition coefficient (Wildman–Crippen LogP) is -0.832. The molecule has 5 heteroatoms. The zero-order valence-corrected chi connectivity index (χ0v) is 13.7. The summed E-state index contributed by atoms with van der Waals surface area (Å²) in [5, 5.41) is 2.46. The number of ether oxygens (including phenoxy) is 1. The fraction of sp³-hybridized carbons (Fsp3) is 0.462. The summed E-state index contributed by atoms with van der Waals surface area (Å²) in [5.74, 6) is 0.636. The number of hydrogen-bond donors (Lipinski definition) is 1. The van der Waals surface area contributed by atoms with Gasteiger partial charge in [0.15, 0.2) is 0 Å². The molecular weight excluding hydrogens is 343 g/mol. The zero-order valence-electron chi connectivity index (χ0n) is 11.6. The molecule has 0 spiro atoms. The Hall–Kier alpha value is -0.820. The van der Waals surface area contributed by atoms with Crippen LogP contribution in [0.25, 0.3) is 0 Å². The lowest BCUT2D eigenvalue weighted by Gasteiger charge is -2.24. The number of nitrogens with zero attached hydrogens (tertiary/aromatic N) is 1. The number of halogens is 1.